The van der Waals surface area contributed by atoms with Crippen molar-refractivity contribution in [2.24, 2.45) is 0 Å². The van der Waals surface area contributed by atoms with E-state index < -0.39 is 26.0 Å². The number of hydrogen-bond acceptors (Lipinski definition) is 6. The van der Waals surface area contributed by atoms with Gasteiger partial charge in [-0.3, -0.25) is 9.52 Å². The monoisotopic (exact) mass is 503 g/mol. The Kier molecular flexibility index (Phi) is 7.60. The summed E-state index contributed by atoms with van der Waals surface area (Å²) in [6, 6.07) is 17.6. The number of amides is 1. The molecule has 1 amide bonds. The van der Waals surface area contributed by atoms with E-state index in [2.05, 4.69) is 14.8 Å². The molecule has 0 saturated heterocycles. The third-order valence-corrected chi connectivity index (χ3v) is 7.63. The summed E-state index contributed by atoms with van der Waals surface area (Å²) < 4.78 is 60.8. The van der Waals surface area contributed by atoms with Gasteiger partial charge in [0.05, 0.1) is 33.8 Å². The molecule has 0 spiro atoms. The van der Waals surface area contributed by atoms with Crippen molar-refractivity contribution in [2.75, 3.05) is 17.1 Å². The van der Waals surface area contributed by atoms with E-state index in [-0.39, 0.29) is 38.5 Å². The van der Waals surface area contributed by atoms with Crippen LogP contribution in [0.5, 0.6) is 5.75 Å². The van der Waals surface area contributed by atoms with Gasteiger partial charge in [0.1, 0.15) is 5.75 Å². The van der Waals surface area contributed by atoms with Gasteiger partial charge in [-0.05, 0) is 56.3 Å². The lowest BCUT2D eigenvalue weighted by Gasteiger charge is -2.16. The number of benzene rings is 3. The maximum absolute atomic E-state index is 13.1. The molecule has 11 heteroatoms. The van der Waals surface area contributed by atoms with E-state index in [0.717, 1.165) is 0 Å². The Balaban J connectivity index is 1.93. The first-order valence-corrected chi connectivity index (χ1v) is 13.2. The van der Waals surface area contributed by atoms with E-state index in [1.54, 1.807) is 44.2 Å². The third kappa shape index (κ3) is 5.93. The van der Waals surface area contributed by atoms with E-state index >= 15 is 0 Å². The number of anilines is 2. The highest BCUT2D eigenvalue weighted by Crippen LogP contribution is 2.29. The van der Waals surface area contributed by atoms with Gasteiger partial charge in [0.25, 0.3) is 15.9 Å². The molecule has 3 aromatic rings. The molecule has 0 aliphatic rings. The molecule has 0 aliphatic carbocycles. The molecule has 9 nitrogen and oxygen atoms in total. The van der Waals surface area contributed by atoms with Crippen molar-refractivity contribution in [1.82, 2.24) is 4.72 Å². The second-order valence-electron chi connectivity index (χ2n) is 7.56. The largest absolute Gasteiger partial charge is 0.495 e. The lowest BCUT2D eigenvalue weighted by atomic mass is 10.1. The van der Waals surface area contributed by atoms with Crippen molar-refractivity contribution in [1.29, 1.82) is 0 Å². The predicted molar refractivity (Wildman–Crippen MR) is 130 cm³/mol. The van der Waals surface area contributed by atoms with Crippen LogP contribution in [0.2, 0.25) is 0 Å². The first-order chi connectivity index (χ1) is 16.0. The topological polar surface area (TPSA) is 131 Å². The van der Waals surface area contributed by atoms with Gasteiger partial charge in [0.2, 0.25) is 10.0 Å². The number of methoxy groups -OCH3 is 1. The molecule has 0 radical (unpaired) electrons. The van der Waals surface area contributed by atoms with Gasteiger partial charge in [0, 0.05) is 6.04 Å². The van der Waals surface area contributed by atoms with Crippen molar-refractivity contribution < 1.29 is 26.4 Å². The highest BCUT2D eigenvalue weighted by Gasteiger charge is 2.21. The Morgan fingerprint density at radius 2 is 1.44 bits per heavy atom. The molecule has 0 unspecified atom stereocenters. The molecule has 0 heterocycles. The highest BCUT2D eigenvalue weighted by atomic mass is 32.2. The van der Waals surface area contributed by atoms with Crippen LogP contribution in [0.4, 0.5) is 11.4 Å². The summed E-state index contributed by atoms with van der Waals surface area (Å²) in [5.74, 6) is -0.421. The second-order valence-corrected chi connectivity index (χ2v) is 11.0. The zero-order chi connectivity index (χ0) is 24.9. The molecule has 180 valence electrons. The van der Waals surface area contributed by atoms with Crippen molar-refractivity contribution in [3.05, 3.63) is 78.4 Å². The lowest BCUT2D eigenvalue weighted by molar-refractivity contribution is 0.102. The van der Waals surface area contributed by atoms with E-state index in [1.807, 2.05) is 0 Å². The van der Waals surface area contributed by atoms with Gasteiger partial charge in [0.15, 0.2) is 0 Å². The van der Waals surface area contributed by atoms with Crippen LogP contribution in [0.1, 0.15) is 24.2 Å². The Labute approximate surface area is 199 Å². The first-order valence-electron chi connectivity index (χ1n) is 10.2. The van der Waals surface area contributed by atoms with Gasteiger partial charge in [-0.1, -0.05) is 30.3 Å². The van der Waals surface area contributed by atoms with Crippen LogP contribution in [0.15, 0.2) is 82.6 Å². The average molecular weight is 504 g/mol. The zero-order valence-electron chi connectivity index (χ0n) is 18.8. The summed E-state index contributed by atoms with van der Waals surface area (Å²) in [6.07, 6.45) is 0. The number of para-hydroxylation sites is 1. The summed E-state index contributed by atoms with van der Waals surface area (Å²) in [5, 5.41) is 2.62. The van der Waals surface area contributed by atoms with E-state index in [0.29, 0.717) is 0 Å². The molecule has 0 aliphatic heterocycles. The molecule has 0 fully saturated rings. The summed E-state index contributed by atoms with van der Waals surface area (Å²) in [6.45, 7) is 3.38. The molecule has 3 N–H and O–H groups in total. The predicted octanol–water partition coefficient (Wildman–Crippen LogP) is 3.44. The van der Waals surface area contributed by atoms with Gasteiger partial charge < -0.3 is 10.1 Å². The molecule has 0 aromatic heterocycles. The molecular formula is C23H25N3O6S2. The normalized spacial score (nSPS) is 11.8. The van der Waals surface area contributed by atoms with E-state index in [1.165, 1.54) is 49.6 Å². The third-order valence-electron chi connectivity index (χ3n) is 4.59. The van der Waals surface area contributed by atoms with Crippen LogP contribution in [-0.4, -0.2) is 35.9 Å². The Morgan fingerprint density at radius 1 is 0.794 bits per heavy atom. The van der Waals surface area contributed by atoms with Gasteiger partial charge in [-0.15, -0.1) is 0 Å². The summed E-state index contributed by atoms with van der Waals surface area (Å²) in [7, 11) is -6.37. The number of rotatable bonds is 9. The average Bonchev–Trinajstić information content (AvgIpc) is 2.79. The maximum atomic E-state index is 13.1. The standard InChI is InChI=1S/C23H25N3O6S2/c1-16(2)25-34(30,31)18-13-14-22(32-3)21(15-18)24-23(27)19-11-7-8-12-20(19)26-33(28,29)17-9-5-4-6-10-17/h4-16,25-26H,1-3H3,(H,24,27). The number of carbonyl (C=O) groups is 1. The van der Waals surface area contributed by atoms with Gasteiger partial charge in [-0.2, -0.15) is 0 Å². The van der Waals surface area contributed by atoms with Crippen LogP contribution in [0.3, 0.4) is 0 Å². The fourth-order valence-corrected chi connectivity index (χ4v) is 5.47. The van der Waals surface area contributed by atoms with E-state index in [9.17, 15) is 21.6 Å². The quantitative estimate of drug-likeness (QED) is 0.410. The number of nitrogens with one attached hydrogen (secondary N) is 3. The molecule has 34 heavy (non-hydrogen) atoms. The van der Waals surface area contributed by atoms with Crippen molar-refractivity contribution in [3.8, 4) is 5.75 Å². The van der Waals surface area contributed by atoms with E-state index in [4.69, 9.17) is 4.74 Å². The minimum Gasteiger partial charge on any atom is -0.495 e. The SMILES string of the molecule is COc1ccc(S(=O)(=O)NC(C)C)cc1NC(=O)c1ccccc1NS(=O)(=O)c1ccccc1. The van der Waals surface area contributed by atoms with Gasteiger partial charge in [-0.25, -0.2) is 21.6 Å². The maximum Gasteiger partial charge on any atom is 0.261 e. The molecule has 0 atom stereocenters. The van der Waals surface area contributed by atoms with Crippen LogP contribution in [0.25, 0.3) is 0 Å². The lowest BCUT2D eigenvalue weighted by Crippen LogP contribution is -2.30. The van der Waals surface area contributed by atoms with Crippen LogP contribution >= 0.6 is 0 Å². The number of carbonyl (C=O) groups excluding carboxylic acids is 1. The zero-order valence-corrected chi connectivity index (χ0v) is 20.4. The molecule has 3 rings (SSSR count). The molecule has 3 aromatic carbocycles. The van der Waals surface area contributed by atoms with Crippen molar-refractivity contribution in [2.45, 2.75) is 29.7 Å². The molecule has 0 saturated carbocycles. The van der Waals surface area contributed by atoms with Crippen LogP contribution < -0.4 is 19.5 Å². The highest BCUT2D eigenvalue weighted by molar-refractivity contribution is 7.92. The Morgan fingerprint density at radius 3 is 2.09 bits per heavy atom. The minimum absolute atomic E-state index is 0.0395. The van der Waals surface area contributed by atoms with Crippen LogP contribution in [-0.2, 0) is 20.0 Å². The summed E-state index contributed by atoms with van der Waals surface area (Å²) in [5.41, 5.74) is 0.213. The number of ether oxygens (including phenoxy) is 1. The number of hydrogen-bond donors (Lipinski definition) is 3. The van der Waals surface area contributed by atoms with Gasteiger partial charge >= 0.3 is 0 Å². The van der Waals surface area contributed by atoms with Crippen molar-refractivity contribution >= 4 is 37.3 Å². The Bertz CT molecular complexity index is 1390. The summed E-state index contributed by atoms with van der Waals surface area (Å²) >= 11 is 0. The number of sulfonamides is 2. The summed E-state index contributed by atoms with van der Waals surface area (Å²) in [4.78, 5) is 13.1. The fraction of sp³-hybridized carbons (Fsp3) is 0.174. The molecular weight excluding hydrogens is 478 g/mol. The second kappa shape index (κ2) is 10.2. The molecule has 0 bridgehead atoms. The smallest absolute Gasteiger partial charge is 0.261 e. The Hall–Kier alpha value is -3.41. The first kappa shape index (κ1) is 25.2. The fourth-order valence-electron chi connectivity index (χ4n) is 3.09. The van der Waals surface area contributed by atoms with Crippen molar-refractivity contribution in [3.63, 3.8) is 0 Å². The minimum atomic E-state index is -3.93. The van der Waals surface area contributed by atoms with Crippen LogP contribution in [0, 0.1) is 0 Å².